The van der Waals surface area contributed by atoms with Crippen molar-refractivity contribution < 1.29 is 39.1 Å². The predicted octanol–water partition coefficient (Wildman–Crippen LogP) is 4.75. The van der Waals surface area contributed by atoms with Gasteiger partial charge in [-0.15, -0.1) is 0 Å². The van der Waals surface area contributed by atoms with Crippen LogP contribution in [0.2, 0.25) is 0 Å². The van der Waals surface area contributed by atoms with Crippen LogP contribution in [0.25, 0.3) is 0 Å². The molecule has 0 heterocycles. The number of aliphatic hydroxyl groups is 2. The molecule has 0 aromatic heterocycles. The molecule has 0 radical (unpaired) electrons. The highest BCUT2D eigenvalue weighted by atomic mass is 16.5. The maximum atomic E-state index is 11.6. The molecule has 10 heteroatoms. The molecule has 2 aromatic carbocycles. The topological polar surface area (TPSA) is 129 Å². The van der Waals surface area contributed by atoms with E-state index in [1.165, 1.54) is 24.0 Å². The van der Waals surface area contributed by atoms with Gasteiger partial charge in [0.2, 0.25) is 0 Å². The van der Waals surface area contributed by atoms with Gasteiger partial charge in [0.15, 0.2) is 0 Å². The molecule has 4 atom stereocenters. The van der Waals surface area contributed by atoms with Crippen LogP contribution in [-0.4, -0.2) is 96.0 Å². The first-order valence-electron chi connectivity index (χ1n) is 15.0. The summed E-state index contributed by atoms with van der Waals surface area (Å²) in [5, 5.41) is 30.4. The minimum atomic E-state index is -1.14. The maximum Gasteiger partial charge on any atom is 0.409 e. The van der Waals surface area contributed by atoms with E-state index in [-0.39, 0.29) is 18.2 Å². The third kappa shape index (κ3) is 10.3. The summed E-state index contributed by atoms with van der Waals surface area (Å²) in [5.74, 6) is 13.3. The smallest absolute Gasteiger partial charge is 0.409 e. The van der Waals surface area contributed by atoms with Crippen LogP contribution in [0, 0.1) is 23.7 Å². The SMILES string of the molecule is COC(=O)N(C)C1CCCC(O)(C#Cc2cccc(OC)c2)C1.COc1cccc(C#CC2(O)CCCC(N(C)C(=O)O)C2)c1. The van der Waals surface area contributed by atoms with E-state index in [2.05, 4.69) is 23.7 Å². The number of carbonyl (C=O) groups excluding carboxylic acids is 1. The molecule has 242 valence electrons. The van der Waals surface area contributed by atoms with Crippen LogP contribution in [0.4, 0.5) is 9.59 Å². The van der Waals surface area contributed by atoms with Crippen LogP contribution in [-0.2, 0) is 4.74 Å². The number of hydrogen-bond acceptors (Lipinski definition) is 7. The van der Waals surface area contributed by atoms with Gasteiger partial charge in [0.05, 0.1) is 21.3 Å². The zero-order valence-electron chi connectivity index (χ0n) is 26.7. The fourth-order valence-electron chi connectivity index (χ4n) is 5.56. The number of hydrogen-bond donors (Lipinski definition) is 3. The van der Waals surface area contributed by atoms with E-state index in [9.17, 15) is 19.8 Å². The lowest BCUT2D eigenvalue weighted by Crippen LogP contribution is -2.46. The Hall–Kier alpha value is -4.38. The number of rotatable bonds is 4. The molecule has 0 saturated heterocycles. The average Bonchev–Trinajstić information content (AvgIpc) is 3.06. The Morgan fingerprint density at radius 1 is 0.778 bits per heavy atom. The van der Waals surface area contributed by atoms with Crippen molar-refractivity contribution in [2.24, 2.45) is 0 Å². The zero-order chi connectivity index (χ0) is 33.0. The molecule has 4 rings (SSSR count). The first-order valence-corrected chi connectivity index (χ1v) is 15.0. The molecule has 2 aliphatic carbocycles. The fraction of sp³-hybridized carbons (Fsp3) is 0.486. The Labute approximate surface area is 265 Å². The van der Waals surface area contributed by atoms with Gasteiger partial charge in [0, 0.05) is 50.1 Å². The number of benzene rings is 2. The molecule has 10 nitrogen and oxygen atoms in total. The van der Waals surface area contributed by atoms with Crippen LogP contribution < -0.4 is 9.47 Å². The predicted molar refractivity (Wildman–Crippen MR) is 170 cm³/mol. The summed E-state index contributed by atoms with van der Waals surface area (Å²) < 4.78 is 15.1. The van der Waals surface area contributed by atoms with E-state index in [0.29, 0.717) is 31.4 Å². The minimum absolute atomic E-state index is 0.0687. The van der Waals surface area contributed by atoms with Crippen molar-refractivity contribution in [2.45, 2.75) is 74.7 Å². The minimum Gasteiger partial charge on any atom is -0.497 e. The van der Waals surface area contributed by atoms with Gasteiger partial charge in [-0.2, -0.15) is 0 Å². The van der Waals surface area contributed by atoms with Crippen LogP contribution in [0.3, 0.4) is 0 Å². The van der Waals surface area contributed by atoms with Crippen molar-refractivity contribution in [1.29, 1.82) is 0 Å². The van der Waals surface area contributed by atoms with Crippen molar-refractivity contribution >= 4 is 12.2 Å². The Morgan fingerprint density at radius 2 is 1.22 bits per heavy atom. The van der Waals surface area contributed by atoms with E-state index < -0.39 is 17.3 Å². The molecule has 2 aromatic rings. The second-order valence-corrected chi connectivity index (χ2v) is 11.5. The Morgan fingerprint density at radius 3 is 1.62 bits per heavy atom. The first kappa shape index (κ1) is 35.1. The lowest BCUT2D eigenvalue weighted by atomic mass is 9.81. The fourth-order valence-corrected chi connectivity index (χ4v) is 5.56. The summed E-state index contributed by atoms with van der Waals surface area (Å²) in [6, 6.07) is 14.5. The summed E-state index contributed by atoms with van der Waals surface area (Å²) in [6.45, 7) is 0. The van der Waals surface area contributed by atoms with E-state index in [1.54, 1.807) is 27.3 Å². The standard InChI is InChI=1S/C18H23NO4.C17H21NO4/c1-19(17(20)23-3)15-7-5-10-18(21,13-15)11-9-14-6-4-8-16(12-14)22-2;1-18(16(19)20)14-6-4-9-17(21,12-14)10-8-13-5-3-7-15(11-13)22-2/h4,6,8,12,15,21H,5,7,10,13H2,1-3H3;3,5,7,11,14,21H,4,6,9,12H2,1-2H3,(H,19,20). The molecular weight excluding hydrogens is 576 g/mol. The van der Waals surface area contributed by atoms with Gasteiger partial charge in [-0.3, -0.25) is 0 Å². The Bertz CT molecular complexity index is 1440. The molecule has 3 N–H and O–H groups in total. The van der Waals surface area contributed by atoms with Gasteiger partial charge in [0.1, 0.15) is 22.7 Å². The zero-order valence-corrected chi connectivity index (χ0v) is 26.7. The summed E-state index contributed by atoms with van der Waals surface area (Å²) >= 11 is 0. The molecule has 2 amide bonds. The van der Waals surface area contributed by atoms with Gasteiger partial charge in [0.25, 0.3) is 0 Å². The quantitative estimate of drug-likeness (QED) is 0.418. The van der Waals surface area contributed by atoms with Gasteiger partial charge in [-0.25, -0.2) is 9.59 Å². The van der Waals surface area contributed by atoms with E-state index in [4.69, 9.17) is 19.3 Å². The number of nitrogens with zero attached hydrogens (tertiary/aromatic N) is 2. The summed E-state index contributed by atoms with van der Waals surface area (Å²) in [6.07, 6.45) is 3.74. The highest BCUT2D eigenvalue weighted by Gasteiger charge is 2.37. The molecule has 4 unspecified atom stereocenters. The summed E-state index contributed by atoms with van der Waals surface area (Å²) in [7, 11) is 7.78. The molecular formula is C35H44N2O8. The largest absolute Gasteiger partial charge is 0.497 e. The Kier molecular flexibility index (Phi) is 12.5. The normalized spacial score (nSPS) is 23.7. The van der Waals surface area contributed by atoms with Crippen molar-refractivity contribution in [3.63, 3.8) is 0 Å². The third-order valence-electron chi connectivity index (χ3n) is 8.28. The first-order chi connectivity index (χ1) is 21.4. The van der Waals surface area contributed by atoms with Gasteiger partial charge >= 0.3 is 12.2 Å². The third-order valence-corrected chi connectivity index (χ3v) is 8.28. The van der Waals surface area contributed by atoms with E-state index >= 15 is 0 Å². The molecule has 0 aliphatic heterocycles. The number of amides is 2. The number of carbonyl (C=O) groups is 2. The monoisotopic (exact) mass is 620 g/mol. The Balaban J connectivity index is 0.000000246. The number of carboxylic acid groups (broad SMARTS) is 1. The van der Waals surface area contributed by atoms with Crippen molar-refractivity contribution in [3.05, 3.63) is 59.7 Å². The van der Waals surface area contributed by atoms with E-state index in [0.717, 1.165) is 42.6 Å². The molecule has 2 aliphatic rings. The van der Waals surface area contributed by atoms with Crippen LogP contribution in [0.5, 0.6) is 11.5 Å². The average molecular weight is 621 g/mol. The molecule has 45 heavy (non-hydrogen) atoms. The maximum absolute atomic E-state index is 11.6. The van der Waals surface area contributed by atoms with Crippen molar-refractivity contribution in [2.75, 3.05) is 35.4 Å². The highest BCUT2D eigenvalue weighted by molar-refractivity contribution is 5.67. The van der Waals surface area contributed by atoms with Crippen LogP contribution in [0.1, 0.15) is 62.5 Å². The van der Waals surface area contributed by atoms with Gasteiger partial charge in [-0.1, -0.05) is 35.8 Å². The summed E-state index contributed by atoms with van der Waals surface area (Å²) in [4.78, 5) is 25.5. The number of methoxy groups -OCH3 is 3. The lowest BCUT2D eigenvalue weighted by Gasteiger charge is -2.37. The molecule has 0 bridgehead atoms. The van der Waals surface area contributed by atoms with Gasteiger partial charge < -0.3 is 39.3 Å². The number of ether oxygens (including phenoxy) is 3. The second-order valence-electron chi connectivity index (χ2n) is 11.5. The molecule has 0 spiro atoms. The second kappa shape index (κ2) is 16.1. The van der Waals surface area contributed by atoms with Crippen molar-refractivity contribution in [1.82, 2.24) is 9.80 Å². The summed E-state index contributed by atoms with van der Waals surface area (Å²) in [5.41, 5.74) is -0.674. The van der Waals surface area contributed by atoms with Crippen molar-refractivity contribution in [3.8, 4) is 35.2 Å². The van der Waals surface area contributed by atoms with Gasteiger partial charge in [-0.05, 0) is 74.9 Å². The van der Waals surface area contributed by atoms with Crippen LogP contribution >= 0.6 is 0 Å². The molecule has 2 saturated carbocycles. The van der Waals surface area contributed by atoms with E-state index in [1.807, 2.05) is 42.5 Å². The lowest BCUT2D eigenvalue weighted by molar-refractivity contribution is 0.0196. The molecule has 2 fully saturated rings. The van der Waals surface area contributed by atoms with Crippen LogP contribution in [0.15, 0.2) is 48.5 Å². The highest BCUT2D eigenvalue weighted by Crippen LogP contribution is 2.32.